The molecule has 142 valence electrons. The van der Waals surface area contributed by atoms with Crippen LogP contribution in [0.15, 0.2) is 42.5 Å². The van der Waals surface area contributed by atoms with Gasteiger partial charge in [-0.15, -0.1) is 0 Å². The summed E-state index contributed by atoms with van der Waals surface area (Å²) in [5, 5.41) is 0. The van der Waals surface area contributed by atoms with E-state index in [1.165, 1.54) is 7.11 Å². The first-order valence-electron chi connectivity index (χ1n) is 8.89. The Morgan fingerprint density at radius 1 is 1.19 bits per heavy atom. The van der Waals surface area contributed by atoms with Gasteiger partial charge in [-0.2, -0.15) is 0 Å². The fourth-order valence-electron chi connectivity index (χ4n) is 2.97. The number of ether oxygens (including phenoxy) is 3. The monoisotopic (exact) mass is 369 g/mol. The summed E-state index contributed by atoms with van der Waals surface area (Å²) in [6.45, 7) is 4.76. The lowest BCUT2D eigenvalue weighted by Crippen LogP contribution is -2.45. The Morgan fingerprint density at radius 2 is 1.93 bits per heavy atom. The number of aryl methyl sites for hydroxylation is 1. The van der Waals surface area contributed by atoms with E-state index in [4.69, 9.17) is 9.47 Å². The summed E-state index contributed by atoms with van der Waals surface area (Å²) < 4.78 is 16.1. The Labute approximate surface area is 158 Å². The van der Waals surface area contributed by atoms with Crippen LogP contribution in [0.3, 0.4) is 0 Å². The molecule has 1 heterocycles. The molecule has 0 N–H and O–H groups in total. The van der Waals surface area contributed by atoms with Crippen molar-refractivity contribution in [2.24, 2.45) is 0 Å². The molecule has 0 radical (unpaired) electrons. The van der Waals surface area contributed by atoms with Crippen LogP contribution >= 0.6 is 0 Å². The minimum atomic E-state index is -0.494. The summed E-state index contributed by atoms with van der Waals surface area (Å²) >= 11 is 0. The summed E-state index contributed by atoms with van der Waals surface area (Å²) in [4.78, 5) is 25.7. The zero-order valence-electron chi connectivity index (χ0n) is 15.7. The highest BCUT2D eigenvalue weighted by atomic mass is 16.5. The highest BCUT2D eigenvalue weighted by molar-refractivity contribution is 5.99. The van der Waals surface area contributed by atoms with Crippen LogP contribution in [0.25, 0.3) is 0 Å². The predicted molar refractivity (Wildman–Crippen MR) is 102 cm³/mol. The molecule has 0 aliphatic carbocycles. The molecule has 6 heteroatoms. The summed E-state index contributed by atoms with van der Waals surface area (Å²) in [7, 11) is 1.35. The molecule has 6 nitrogen and oxygen atoms in total. The van der Waals surface area contributed by atoms with Crippen LogP contribution in [-0.2, 0) is 9.53 Å². The quantitative estimate of drug-likeness (QED) is 0.577. The number of hydrogen-bond acceptors (Lipinski definition) is 5. The number of hydrogen-bond donors (Lipinski definition) is 0. The predicted octanol–water partition coefficient (Wildman–Crippen LogP) is 3.36. The van der Waals surface area contributed by atoms with E-state index in [-0.39, 0.29) is 11.9 Å². The number of anilines is 1. The normalized spacial score (nSPS) is 15.7. The first-order chi connectivity index (χ1) is 13.0. The second-order valence-electron chi connectivity index (χ2n) is 6.44. The van der Waals surface area contributed by atoms with Crippen LogP contribution in [0.5, 0.6) is 11.5 Å². The Hall–Kier alpha value is -3.02. The van der Waals surface area contributed by atoms with Gasteiger partial charge in [-0.05, 0) is 62.2 Å². The van der Waals surface area contributed by atoms with E-state index in [1.54, 1.807) is 36.1 Å². The average Bonchev–Trinajstić information content (AvgIpc) is 2.67. The van der Waals surface area contributed by atoms with Gasteiger partial charge in [0, 0.05) is 6.54 Å². The van der Waals surface area contributed by atoms with Gasteiger partial charge in [-0.1, -0.05) is 6.07 Å². The summed E-state index contributed by atoms with van der Waals surface area (Å²) in [5.41, 5.74) is 2.37. The fraction of sp³-hybridized carbons (Fsp3) is 0.333. The topological polar surface area (TPSA) is 65.1 Å². The molecule has 0 saturated heterocycles. The Kier molecular flexibility index (Phi) is 5.64. The maximum atomic E-state index is 12.5. The van der Waals surface area contributed by atoms with E-state index in [0.29, 0.717) is 30.9 Å². The van der Waals surface area contributed by atoms with Crippen molar-refractivity contribution in [2.75, 3.05) is 25.2 Å². The molecule has 0 spiro atoms. The Morgan fingerprint density at radius 3 is 2.63 bits per heavy atom. The second-order valence-corrected chi connectivity index (χ2v) is 6.44. The van der Waals surface area contributed by atoms with Crippen molar-refractivity contribution in [1.82, 2.24) is 0 Å². The lowest BCUT2D eigenvalue weighted by atomic mass is 10.1. The van der Waals surface area contributed by atoms with Crippen LogP contribution in [0.4, 0.5) is 5.69 Å². The summed E-state index contributed by atoms with van der Waals surface area (Å²) in [5.74, 6) is 0.978. The highest BCUT2D eigenvalue weighted by Gasteiger charge is 2.31. The van der Waals surface area contributed by atoms with E-state index in [2.05, 4.69) is 4.74 Å². The summed E-state index contributed by atoms with van der Waals surface area (Å²) in [6, 6.07) is 12.6. The molecule has 1 unspecified atom stereocenters. The lowest BCUT2D eigenvalue weighted by molar-refractivity contribution is -0.125. The molecule has 1 aliphatic heterocycles. The van der Waals surface area contributed by atoms with E-state index in [1.807, 2.05) is 25.1 Å². The van der Waals surface area contributed by atoms with Gasteiger partial charge in [0.05, 0.1) is 25.0 Å². The van der Waals surface area contributed by atoms with Crippen molar-refractivity contribution in [3.63, 3.8) is 0 Å². The number of amides is 1. The third-order valence-electron chi connectivity index (χ3n) is 4.39. The van der Waals surface area contributed by atoms with Gasteiger partial charge in [0.2, 0.25) is 0 Å². The third-order valence-corrected chi connectivity index (χ3v) is 4.39. The number of carbonyl (C=O) groups excluding carboxylic acids is 2. The number of carbonyl (C=O) groups is 2. The van der Waals surface area contributed by atoms with Crippen molar-refractivity contribution in [3.8, 4) is 11.5 Å². The second kappa shape index (κ2) is 8.12. The van der Waals surface area contributed by atoms with Crippen molar-refractivity contribution >= 4 is 17.6 Å². The van der Waals surface area contributed by atoms with Crippen LogP contribution < -0.4 is 14.4 Å². The molecule has 2 aromatic rings. The fourth-order valence-corrected chi connectivity index (χ4v) is 2.97. The van der Waals surface area contributed by atoms with Crippen LogP contribution in [0, 0.1) is 6.92 Å². The summed E-state index contributed by atoms with van der Waals surface area (Å²) in [6.07, 6.45) is 0.177. The molecule has 1 amide bonds. The van der Waals surface area contributed by atoms with Gasteiger partial charge < -0.3 is 19.1 Å². The highest BCUT2D eigenvalue weighted by Crippen LogP contribution is 2.34. The first-order valence-corrected chi connectivity index (χ1v) is 8.89. The number of nitrogens with zero attached hydrogens (tertiary/aromatic N) is 1. The molecule has 0 bridgehead atoms. The van der Waals surface area contributed by atoms with Crippen molar-refractivity contribution in [1.29, 1.82) is 0 Å². The van der Waals surface area contributed by atoms with Crippen LogP contribution in [0.2, 0.25) is 0 Å². The van der Waals surface area contributed by atoms with Crippen LogP contribution in [0.1, 0.15) is 29.3 Å². The third kappa shape index (κ3) is 4.22. The van der Waals surface area contributed by atoms with Gasteiger partial charge >= 0.3 is 5.97 Å². The van der Waals surface area contributed by atoms with Gasteiger partial charge in [-0.25, -0.2) is 4.79 Å². The van der Waals surface area contributed by atoms with E-state index < -0.39 is 6.10 Å². The standard InChI is InChI=1S/C21H23NO5/c1-14-5-10-18-19(13-14)27-15(2)20(23)22(18)11-4-12-26-17-8-6-16(7-9-17)21(24)25-3/h5-10,13,15H,4,11-12H2,1-3H3. The molecule has 1 aliphatic rings. The van der Waals surface area contributed by atoms with E-state index in [0.717, 1.165) is 17.0 Å². The minimum Gasteiger partial charge on any atom is -0.494 e. The Bertz CT molecular complexity index is 831. The molecule has 0 saturated carbocycles. The number of esters is 1. The molecule has 2 aromatic carbocycles. The average molecular weight is 369 g/mol. The van der Waals surface area contributed by atoms with Gasteiger partial charge in [-0.3, -0.25) is 4.79 Å². The molecule has 27 heavy (non-hydrogen) atoms. The zero-order valence-corrected chi connectivity index (χ0v) is 15.7. The molecule has 1 atom stereocenters. The molecule has 0 fully saturated rings. The minimum absolute atomic E-state index is 0.0474. The lowest BCUT2D eigenvalue weighted by Gasteiger charge is -2.33. The largest absolute Gasteiger partial charge is 0.494 e. The molecule has 3 rings (SSSR count). The number of fused-ring (bicyclic) bond motifs is 1. The maximum absolute atomic E-state index is 12.5. The van der Waals surface area contributed by atoms with E-state index in [9.17, 15) is 9.59 Å². The van der Waals surface area contributed by atoms with Gasteiger partial charge in [0.1, 0.15) is 11.5 Å². The molecule has 0 aromatic heterocycles. The molecular weight excluding hydrogens is 346 g/mol. The Balaban J connectivity index is 1.57. The number of rotatable bonds is 6. The first kappa shape index (κ1) is 18.8. The van der Waals surface area contributed by atoms with Crippen molar-refractivity contribution in [3.05, 3.63) is 53.6 Å². The molecular formula is C21H23NO5. The number of methoxy groups -OCH3 is 1. The SMILES string of the molecule is COC(=O)c1ccc(OCCCN2C(=O)C(C)Oc3cc(C)ccc32)cc1. The van der Waals surface area contributed by atoms with Gasteiger partial charge in [0.15, 0.2) is 6.10 Å². The van der Waals surface area contributed by atoms with E-state index >= 15 is 0 Å². The zero-order chi connectivity index (χ0) is 19.4. The smallest absolute Gasteiger partial charge is 0.337 e. The van der Waals surface area contributed by atoms with Gasteiger partial charge in [0.25, 0.3) is 5.91 Å². The van der Waals surface area contributed by atoms with Crippen LogP contribution in [-0.4, -0.2) is 38.2 Å². The maximum Gasteiger partial charge on any atom is 0.337 e. The van der Waals surface area contributed by atoms with Crippen molar-refractivity contribution in [2.45, 2.75) is 26.4 Å². The number of benzene rings is 2. The van der Waals surface area contributed by atoms with Crippen molar-refractivity contribution < 1.29 is 23.8 Å².